The van der Waals surface area contributed by atoms with Crippen molar-refractivity contribution in [3.8, 4) is 6.08 Å². The molecule has 0 aliphatic heterocycles. The molecule has 180 valence electrons. The van der Waals surface area contributed by atoms with Crippen molar-refractivity contribution in [2.45, 2.75) is 103 Å². The van der Waals surface area contributed by atoms with E-state index in [2.05, 4.69) is 11.9 Å². The number of aromatic nitrogens is 1. The zero-order valence-electron chi connectivity index (χ0n) is 19.1. The van der Waals surface area contributed by atoms with E-state index in [1.165, 1.54) is 70.6 Å². The molecule has 1 aromatic heterocycles. The van der Waals surface area contributed by atoms with Crippen LogP contribution >= 0.6 is 0 Å². The maximum Gasteiger partial charge on any atom is 0.416 e. The largest absolute Gasteiger partial charge is 0.450 e. The predicted octanol–water partition coefficient (Wildman–Crippen LogP) is 8.07. The number of benzene rings is 1. The fourth-order valence-electron chi connectivity index (χ4n) is 3.75. The summed E-state index contributed by atoms with van der Waals surface area (Å²) in [6.45, 7) is 2.61. The van der Waals surface area contributed by atoms with Gasteiger partial charge in [-0.15, -0.1) is 0 Å². The third-order valence-corrected chi connectivity index (χ3v) is 5.66. The molecule has 0 radical (unpaired) electrons. The molecule has 2 aromatic rings. The second kappa shape index (κ2) is 14.2. The Balaban J connectivity index is 1.55. The van der Waals surface area contributed by atoms with E-state index in [1.807, 2.05) is 0 Å². The molecule has 1 heterocycles. The highest BCUT2D eigenvalue weighted by molar-refractivity contribution is 5.78. The number of nitrogens with zero attached hydrogens (tertiary/aromatic N) is 1. The van der Waals surface area contributed by atoms with E-state index >= 15 is 0 Å². The zero-order valence-corrected chi connectivity index (χ0v) is 19.1. The minimum atomic E-state index is -4.52. The average molecular weight is 456 g/mol. The third kappa shape index (κ3) is 9.61. The van der Waals surface area contributed by atoms with E-state index in [-0.39, 0.29) is 17.0 Å². The summed E-state index contributed by atoms with van der Waals surface area (Å²) in [4.78, 5) is 16.0. The molecule has 7 heteroatoms. The van der Waals surface area contributed by atoms with Crippen LogP contribution in [0.25, 0.3) is 10.9 Å². The van der Waals surface area contributed by atoms with Crippen LogP contribution in [-0.2, 0) is 6.18 Å². The van der Waals surface area contributed by atoms with Crippen LogP contribution in [0.2, 0.25) is 0 Å². The summed E-state index contributed by atoms with van der Waals surface area (Å²) in [5, 5.41) is -0.205. The number of alkyl halides is 3. The number of unbranched alkanes of at least 4 members (excludes halogenated alkanes) is 13. The maximum atomic E-state index is 12.8. The first-order chi connectivity index (χ1) is 15.4. The van der Waals surface area contributed by atoms with Gasteiger partial charge >= 0.3 is 17.9 Å². The zero-order chi connectivity index (χ0) is 23.2. The van der Waals surface area contributed by atoms with Gasteiger partial charge in [0.05, 0.1) is 23.1 Å². The summed E-state index contributed by atoms with van der Waals surface area (Å²) in [6.07, 6.45) is 12.9. The SMILES string of the molecule is CCCCCCCCCCCCCCCCOc1nc2ccc(C(F)(F)F)cc2c(=O)o1. The van der Waals surface area contributed by atoms with Crippen molar-refractivity contribution in [2.24, 2.45) is 0 Å². The highest BCUT2D eigenvalue weighted by Crippen LogP contribution is 2.30. The Labute approximate surface area is 188 Å². The smallest absolute Gasteiger partial charge is 0.416 e. The van der Waals surface area contributed by atoms with E-state index in [0.29, 0.717) is 6.61 Å². The fraction of sp³-hybridized carbons (Fsp3) is 0.680. The van der Waals surface area contributed by atoms with E-state index in [1.54, 1.807) is 0 Å². The molecule has 2 rings (SSSR count). The monoisotopic (exact) mass is 455 g/mol. The molecule has 0 N–H and O–H groups in total. The number of ether oxygens (including phenoxy) is 1. The normalized spacial score (nSPS) is 11.9. The van der Waals surface area contributed by atoms with Crippen LogP contribution < -0.4 is 10.4 Å². The Bertz CT molecular complexity index is 848. The Morgan fingerprint density at radius 3 is 1.91 bits per heavy atom. The minimum absolute atomic E-state index is 0.130. The quantitative estimate of drug-likeness (QED) is 0.240. The fourth-order valence-corrected chi connectivity index (χ4v) is 3.75. The number of rotatable bonds is 16. The predicted molar refractivity (Wildman–Crippen MR) is 121 cm³/mol. The van der Waals surface area contributed by atoms with Gasteiger partial charge in [-0.3, -0.25) is 0 Å². The Morgan fingerprint density at radius 1 is 0.844 bits per heavy atom. The number of hydrogen-bond donors (Lipinski definition) is 0. The van der Waals surface area contributed by atoms with Crippen molar-refractivity contribution in [3.05, 3.63) is 34.2 Å². The average Bonchev–Trinajstić information content (AvgIpc) is 2.75. The first-order valence-electron chi connectivity index (χ1n) is 12.1. The van der Waals surface area contributed by atoms with Gasteiger partial charge in [-0.1, -0.05) is 90.4 Å². The first kappa shape index (κ1) is 26.2. The molecule has 0 spiro atoms. The van der Waals surface area contributed by atoms with E-state index in [0.717, 1.165) is 37.5 Å². The third-order valence-electron chi connectivity index (χ3n) is 5.66. The van der Waals surface area contributed by atoms with Crippen LogP contribution in [0.15, 0.2) is 27.4 Å². The molecule has 32 heavy (non-hydrogen) atoms. The van der Waals surface area contributed by atoms with E-state index < -0.39 is 17.4 Å². The lowest BCUT2D eigenvalue weighted by Crippen LogP contribution is -2.09. The molecule has 0 aliphatic rings. The lowest BCUT2D eigenvalue weighted by atomic mass is 10.0. The van der Waals surface area contributed by atoms with E-state index in [4.69, 9.17) is 9.15 Å². The van der Waals surface area contributed by atoms with Crippen LogP contribution in [0.5, 0.6) is 6.08 Å². The molecule has 0 atom stereocenters. The molecule has 0 saturated heterocycles. The van der Waals surface area contributed by atoms with Gasteiger partial charge in [0.2, 0.25) is 0 Å². The lowest BCUT2D eigenvalue weighted by molar-refractivity contribution is -0.137. The standard InChI is InChI=1S/C25H36F3NO3/c1-2-3-4-5-6-7-8-9-10-11-12-13-14-15-18-31-24-29-22-17-16-20(25(26,27)28)19-21(22)23(30)32-24/h16-17,19H,2-15,18H2,1H3. The molecule has 1 aromatic carbocycles. The molecule has 0 fully saturated rings. The van der Waals surface area contributed by atoms with Gasteiger partial charge in [0.25, 0.3) is 0 Å². The Hall–Kier alpha value is -2.05. The summed E-state index contributed by atoms with van der Waals surface area (Å²) >= 11 is 0. The van der Waals surface area contributed by atoms with Crippen LogP contribution in [-0.4, -0.2) is 11.6 Å². The highest BCUT2D eigenvalue weighted by atomic mass is 19.4. The van der Waals surface area contributed by atoms with Crippen LogP contribution in [0.1, 0.15) is 102 Å². The topological polar surface area (TPSA) is 52.3 Å². The first-order valence-corrected chi connectivity index (χ1v) is 12.1. The molecule has 0 unspecified atom stereocenters. The summed E-state index contributed by atoms with van der Waals surface area (Å²) in [5.41, 5.74) is -1.66. The van der Waals surface area contributed by atoms with Gasteiger partial charge in [-0.25, -0.2) is 4.79 Å². The van der Waals surface area contributed by atoms with Crippen molar-refractivity contribution < 1.29 is 22.3 Å². The molecular weight excluding hydrogens is 419 g/mol. The molecule has 0 saturated carbocycles. The van der Waals surface area contributed by atoms with Crippen molar-refractivity contribution in [1.29, 1.82) is 0 Å². The highest BCUT2D eigenvalue weighted by Gasteiger charge is 2.31. The van der Waals surface area contributed by atoms with Gasteiger partial charge < -0.3 is 9.15 Å². The van der Waals surface area contributed by atoms with Gasteiger partial charge in [-0.05, 0) is 24.6 Å². The van der Waals surface area contributed by atoms with Gasteiger partial charge in [0.1, 0.15) is 0 Å². The molecule has 0 aliphatic carbocycles. The molecule has 0 amide bonds. The number of hydrogen-bond acceptors (Lipinski definition) is 4. The van der Waals surface area contributed by atoms with Gasteiger partial charge in [0.15, 0.2) is 0 Å². The minimum Gasteiger partial charge on any atom is -0.450 e. The van der Waals surface area contributed by atoms with Crippen molar-refractivity contribution >= 4 is 10.9 Å². The van der Waals surface area contributed by atoms with Gasteiger partial charge in [0, 0.05) is 0 Å². The summed E-state index contributed by atoms with van der Waals surface area (Å²) < 4.78 is 48.7. The molecule has 4 nitrogen and oxygen atoms in total. The number of fused-ring (bicyclic) bond motifs is 1. The second-order valence-corrected chi connectivity index (χ2v) is 8.44. The summed E-state index contributed by atoms with van der Waals surface area (Å²) in [5.74, 6) is 0. The lowest BCUT2D eigenvalue weighted by Gasteiger charge is -2.08. The van der Waals surface area contributed by atoms with Gasteiger partial charge in [-0.2, -0.15) is 18.2 Å². The van der Waals surface area contributed by atoms with Crippen molar-refractivity contribution in [3.63, 3.8) is 0 Å². The molecule has 0 bridgehead atoms. The Kier molecular flexibility index (Phi) is 11.6. The summed E-state index contributed by atoms with van der Waals surface area (Å²) in [7, 11) is 0. The van der Waals surface area contributed by atoms with E-state index in [9.17, 15) is 18.0 Å². The van der Waals surface area contributed by atoms with Crippen molar-refractivity contribution in [2.75, 3.05) is 6.61 Å². The van der Waals surface area contributed by atoms with Crippen LogP contribution in [0.4, 0.5) is 13.2 Å². The van der Waals surface area contributed by atoms with Crippen LogP contribution in [0, 0.1) is 0 Å². The van der Waals surface area contributed by atoms with Crippen molar-refractivity contribution in [1.82, 2.24) is 4.98 Å². The number of halogens is 3. The summed E-state index contributed by atoms with van der Waals surface area (Å²) in [6, 6.07) is 2.81. The maximum absolute atomic E-state index is 12.8. The Morgan fingerprint density at radius 2 is 1.38 bits per heavy atom. The molecular formula is C25H36F3NO3. The van der Waals surface area contributed by atoms with Crippen LogP contribution in [0.3, 0.4) is 0 Å². The second-order valence-electron chi connectivity index (χ2n) is 8.44.